The number of thiophene rings is 1. The van der Waals surface area contributed by atoms with Crippen LogP contribution in [0.1, 0.15) is 28.6 Å². The van der Waals surface area contributed by atoms with Crippen molar-refractivity contribution in [2.24, 2.45) is 7.05 Å². The second-order valence-corrected chi connectivity index (χ2v) is 7.98. The second kappa shape index (κ2) is 7.25. The van der Waals surface area contributed by atoms with Crippen LogP contribution >= 0.6 is 11.3 Å². The average Bonchev–Trinajstić information content (AvgIpc) is 3.10. The van der Waals surface area contributed by atoms with E-state index in [1.807, 2.05) is 23.1 Å². The highest BCUT2D eigenvalue weighted by Crippen LogP contribution is 2.25. The molecule has 0 fully saturated rings. The Morgan fingerprint density at radius 3 is 2.96 bits per heavy atom. The van der Waals surface area contributed by atoms with E-state index in [0.29, 0.717) is 6.04 Å². The molecule has 3 rings (SSSR count). The third kappa shape index (κ3) is 3.50. The fraction of sp³-hybridized carbons (Fsp3) is 0.611. The molecule has 0 saturated carbocycles. The van der Waals surface area contributed by atoms with Gasteiger partial charge in [-0.3, -0.25) is 9.58 Å². The van der Waals surface area contributed by atoms with E-state index in [0.717, 1.165) is 25.3 Å². The minimum Gasteiger partial charge on any atom is -0.363 e. The number of rotatable bonds is 6. The lowest BCUT2D eigenvalue weighted by Gasteiger charge is -2.32. The topological polar surface area (TPSA) is 36.3 Å². The predicted octanol–water partition coefficient (Wildman–Crippen LogP) is 2.39. The molecule has 2 aromatic rings. The van der Waals surface area contributed by atoms with Crippen LogP contribution in [0.2, 0.25) is 0 Å². The van der Waals surface area contributed by atoms with Crippen molar-refractivity contribution in [3.05, 3.63) is 33.1 Å². The molecular weight excluding hydrogens is 318 g/mol. The number of nitrogens with one attached hydrogen (secondary N) is 1. The van der Waals surface area contributed by atoms with Crippen LogP contribution in [0.25, 0.3) is 0 Å². The molecule has 1 aliphatic heterocycles. The lowest BCUT2D eigenvalue weighted by molar-refractivity contribution is 0.188. The first kappa shape index (κ1) is 17.5. The van der Waals surface area contributed by atoms with E-state index in [4.69, 9.17) is 0 Å². The van der Waals surface area contributed by atoms with Crippen molar-refractivity contribution >= 4 is 17.2 Å². The van der Waals surface area contributed by atoms with Gasteiger partial charge in [0.1, 0.15) is 5.82 Å². The van der Waals surface area contributed by atoms with Gasteiger partial charge in [-0.1, -0.05) is 0 Å². The van der Waals surface area contributed by atoms with Crippen molar-refractivity contribution in [2.75, 3.05) is 32.1 Å². The minimum atomic E-state index is 0.540. The molecule has 6 heteroatoms. The first-order valence-electron chi connectivity index (χ1n) is 8.67. The maximum Gasteiger partial charge on any atom is 0.130 e. The third-order valence-corrected chi connectivity index (χ3v) is 5.96. The van der Waals surface area contributed by atoms with Gasteiger partial charge in [0.25, 0.3) is 0 Å². The number of aromatic nitrogens is 2. The molecule has 0 bridgehead atoms. The van der Waals surface area contributed by atoms with E-state index in [1.165, 1.54) is 29.9 Å². The van der Waals surface area contributed by atoms with E-state index < -0.39 is 0 Å². The monoisotopic (exact) mass is 347 g/mol. The standard InChI is InChI=1S/C18H29N5S/c1-13(23-8-6-17-15(12-23)7-9-24-17)10-19-11-16-14(2)20-22(5)18(16)21(3)4/h7,9,13,19H,6,8,10-12H2,1-5H3/t13-/m0/s1. The van der Waals surface area contributed by atoms with Crippen LogP contribution in [-0.4, -0.2) is 47.9 Å². The lowest BCUT2D eigenvalue weighted by atomic mass is 10.1. The maximum atomic E-state index is 4.56. The lowest BCUT2D eigenvalue weighted by Crippen LogP contribution is -2.42. The molecule has 0 aliphatic carbocycles. The number of nitrogens with zero attached hydrogens (tertiary/aromatic N) is 4. The van der Waals surface area contributed by atoms with Gasteiger partial charge >= 0.3 is 0 Å². The predicted molar refractivity (Wildman–Crippen MR) is 102 cm³/mol. The third-order valence-electron chi connectivity index (χ3n) is 4.94. The Kier molecular flexibility index (Phi) is 5.27. The molecule has 1 N–H and O–H groups in total. The van der Waals surface area contributed by atoms with E-state index >= 15 is 0 Å². The first-order valence-corrected chi connectivity index (χ1v) is 9.55. The molecule has 1 aliphatic rings. The van der Waals surface area contributed by atoms with E-state index in [2.05, 4.69) is 59.6 Å². The van der Waals surface area contributed by atoms with Crippen molar-refractivity contribution in [1.82, 2.24) is 20.0 Å². The Balaban J connectivity index is 1.56. The van der Waals surface area contributed by atoms with Crippen LogP contribution in [-0.2, 0) is 26.6 Å². The molecule has 1 atom stereocenters. The SMILES string of the molecule is Cc1nn(C)c(N(C)C)c1CNC[C@H](C)N1CCc2sccc2C1. The highest BCUT2D eigenvalue weighted by molar-refractivity contribution is 7.10. The summed E-state index contributed by atoms with van der Waals surface area (Å²) in [5, 5.41) is 10.4. The minimum absolute atomic E-state index is 0.540. The Bertz CT molecular complexity index is 688. The summed E-state index contributed by atoms with van der Waals surface area (Å²) in [5.74, 6) is 1.19. The molecule has 3 heterocycles. The van der Waals surface area contributed by atoms with Crippen molar-refractivity contribution in [3.8, 4) is 0 Å². The van der Waals surface area contributed by atoms with Crippen LogP contribution in [0, 0.1) is 6.92 Å². The Morgan fingerprint density at radius 1 is 1.42 bits per heavy atom. The van der Waals surface area contributed by atoms with Crippen LogP contribution in [0.15, 0.2) is 11.4 Å². The number of hydrogen-bond acceptors (Lipinski definition) is 5. The summed E-state index contributed by atoms with van der Waals surface area (Å²) in [6, 6.07) is 2.83. The summed E-state index contributed by atoms with van der Waals surface area (Å²) in [6.45, 7) is 8.56. The van der Waals surface area contributed by atoms with Crippen LogP contribution in [0.3, 0.4) is 0 Å². The highest BCUT2D eigenvalue weighted by atomic mass is 32.1. The molecule has 132 valence electrons. The molecule has 5 nitrogen and oxygen atoms in total. The number of fused-ring (bicyclic) bond motifs is 1. The summed E-state index contributed by atoms with van der Waals surface area (Å²) < 4.78 is 1.97. The maximum absolute atomic E-state index is 4.56. The van der Waals surface area contributed by atoms with Gasteiger partial charge in [0.15, 0.2) is 0 Å². The van der Waals surface area contributed by atoms with E-state index in [-0.39, 0.29) is 0 Å². The summed E-state index contributed by atoms with van der Waals surface area (Å²) in [4.78, 5) is 6.31. The quantitative estimate of drug-likeness (QED) is 0.870. The normalized spacial score (nSPS) is 16.2. The van der Waals surface area contributed by atoms with Crippen molar-refractivity contribution in [3.63, 3.8) is 0 Å². The molecule has 0 aromatic carbocycles. The summed E-state index contributed by atoms with van der Waals surface area (Å²) >= 11 is 1.91. The van der Waals surface area contributed by atoms with Gasteiger partial charge < -0.3 is 10.2 Å². The first-order chi connectivity index (χ1) is 11.5. The van der Waals surface area contributed by atoms with Crippen molar-refractivity contribution in [2.45, 2.75) is 39.4 Å². The zero-order chi connectivity index (χ0) is 17.3. The molecule has 24 heavy (non-hydrogen) atoms. The van der Waals surface area contributed by atoms with Gasteiger partial charge in [-0.15, -0.1) is 11.3 Å². The summed E-state index contributed by atoms with van der Waals surface area (Å²) in [6.07, 6.45) is 1.20. The van der Waals surface area contributed by atoms with Crippen LogP contribution in [0.4, 0.5) is 5.82 Å². The number of aryl methyl sites for hydroxylation is 2. The van der Waals surface area contributed by atoms with Crippen molar-refractivity contribution < 1.29 is 0 Å². The second-order valence-electron chi connectivity index (χ2n) is 6.98. The van der Waals surface area contributed by atoms with Crippen molar-refractivity contribution in [1.29, 1.82) is 0 Å². The fourth-order valence-electron chi connectivity index (χ4n) is 3.64. The smallest absolute Gasteiger partial charge is 0.130 e. The van der Waals surface area contributed by atoms with Gasteiger partial charge in [0, 0.05) is 63.8 Å². The molecule has 0 amide bonds. The van der Waals surface area contributed by atoms with Gasteiger partial charge in [0.05, 0.1) is 5.69 Å². The molecule has 2 aromatic heterocycles. The Labute approximate surface area is 149 Å². The average molecular weight is 348 g/mol. The fourth-order valence-corrected chi connectivity index (χ4v) is 4.53. The molecule has 0 radical (unpaired) electrons. The largest absolute Gasteiger partial charge is 0.363 e. The summed E-state index contributed by atoms with van der Waals surface area (Å²) in [5.41, 5.74) is 3.94. The molecular formula is C18H29N5S. The zero-order valence-electron chi connectivity index (χ0n) is 15.5. The van der Waals surface area contributed by atoms with Crippen LogP contribution in [0.5, 0.6) is 0 Å². The zero-order valence-corrected chi connectivity index (χ0v) is 16.3. The summed E-state index contributed by atoms with van der Waals surface area (Å²) in [7, 11) is 6.17. The number of hydrogen-bond donors (Lipinski definition) is 1. The molecule has 0 unspecified atom stereocenters. The van der Waals surface area contributed by atoms with Gasteiger partial charge in [-0.2, -0.15) is 5.10 Å². The van der Waals surface area contributed by atoms with E-state index in [9.17, 15) is 0 Å². The Hall–Kier alpha value is -1.37. The highest BCUT2D eigenvalue weighted by Gasteiger charge is 2.21. The van der Waals surface area contributed by atoms with Gasteiger partial charge in [-0.25, -0.2) is 0 Å². The van der Waals surface area contributed by atoms with Crippen LogP contribution < -0.4 is 10.2 Å². The van der Waals surface area contributed by atoms with Gasteiger partial charge in [-0.05, 0) is 37.3 Å². The molecule has 0 saturated heterocycles. The molecule has 0 spiro atoms. The van der Waals surface area contributed by atoms with E-state index in [1.54, 1.807) is 4.88 Å². The number of anilines is 1. The van der Waals surface area contributed by atoms with Gasteiger partial charge in [0.2, 0.25) is 0 Å². The Morgan fingerprint density at radius 2 is 2.21 bits per heavy atom.